The lowest BCUT2D eigenvalue weighted by molar-refractivity contribution is -0.134. The zero-order valence-corrected chi connectivity index (χ0v) is 12.8. The van der Waals surface area contributed by atoms with Crippen molar-refractivity contribution in [1.82, 2.24) is 15.1 Å². The Morgan fingerprint density at radius 1 is 1.17 bits per heavy atom. The molecule has 0 unspecified atom stereocenters. The molecule has 1 aliphatic heterocycles. The lowest BCUT2D eigenvalue weighted by Crippen LogP contribution is -2.53. The number of halogens is 2. The Hall–Kier alpha value is -2.38. The number of hydrogen-bond donors (Lipinski definition) is 1. The zero-order valence-electron chi connectivity index (χ0n) is 12.8. The third kappa shape index (κ3) is 4.54. The van der Waals surface area contributed by atoms with Crippen molar-refractivity contribution >= 4 is 11.9 Å². The summed E-state index contributed by atoms with van der Waals surface area (Å²) in [5, 5.41) is 2.70. The molecule has 2 rings (SSSR count). The molecule has 0 aromatic heterocycles. The molecule has 1 aliphatic rings. The number of carbonyl (C=O) groups excluding carboxylic acids is 2. The maximum Gasteiger partial charge on any atom is 0.317 e. The largest absolute Gasteiger partial charge is 0.481 e. The van der Waals surface area contributed by atoms with Gasteiger partial charge >= 0.3 is 6.03 Å². The van der Waals surface area contributed by atoms with Crippen molar-refractivity contribution in [2.75, 3.05) is 39.3 Å². The molecular formula is C15H19F2N3O3. The first-order valence-electron chi connectivity index (χ1n) is 7.39. The number of carbonyl (C=O) groups is 2. The van der Waals surface area contributed by atoms with Crippen LogP contribution in [0.1, 0.15) is 6.92 Å². The fourth-order valence-corrected chi connectivity index (χ4v) is 2.25. The summed E-state index contributed by atoms with van der Waals surface area (Å²) >= 11 is 0. The second-order valence-electron chi connectivity index (χ2n) is 5.07. The van der Waals surface area contributed by atoms with Crippen LogP contribution < -0.4 is 10.1 Å². The van der Waals surface area contributed by atoms with Crippen LogP contribution in [0.4, 0.5) is 13.6 Å². The maximum atomic E-state index is 13.4. The van der Waals surface area contributed by atoms with Crippen LogP contribution >= 0.6 is 0 Å². The SMILES string of the molecule is CCNC(=O)N1CCN(C(=O)COc2ccc(F)cc2F)CC1. The normalized spacial score (nSPS) is 14.6. The van der Waals surface area contributed by atoms with Crippen molar-refractivity contribution in [2.24, 2.45) is 0 Å². The minimum atomic E-state index is -0.848. The van der Waals surface area contributed by atoms with Gasteiger partial charge in [0, 0.05) is 38.8 Å². The molecule has 0 radical (unpaired) electrons. The topological polar surface area (TPSA) is 61.9 Å². The molecule has 1 aromatic rings. The van der Waals surface area contributed by atoms with E-state index in [1.165, 1.54) is 0 Å². The van der Waals surface area contributed by atoms with Gasteiger partial charge in [-0.15, -0.1) is 0 Å². The average Bonchev–Trinajstić information content (AvgIpc) is 2.54. The predicted molar refractivity (Wildman–Crippen MR) is 79.1 cm³/mol. The van der Waals surface area contributed by atoms with Crippen LogP contribution in [-0.4, -0.2) is 61.1 Å². The van der Waals surface area contributed by atoms with Gasteiger partial charge in [-0.05, 0) is 19.1 Å². The number of rotatable bonds is 4. The van der Waals surface area contributed by atoms with Crippen molar-refractivity contribution in [1.29, 1.82) is 0 Å². The van der Waals surface area contributed by atoms with Crippen LogP contribution in [-0.2, 0) is 4.79 Å². The molecule has 0 spiro atoms. The van der Waals surface area contributed by atoms with E-state index in [2.05, 4.69) is 5.32 Å². The first kappa shape index (κ1) is 17.0. The van der Waals surface area contributed by atoms with E-state index in [0.717, 1.165) is 12.1 Å². The van der Waals surface area contributed by atoms with Crippen LogP contribution in [0.3, 0.4) is 0 Å². The van der Waals surface area contributed by atoms with Crippen molar-refractivity contribution < 1.29 is 23.1 Å². The molecule has 6 nitrogen and oxygen atoms in total. The molecule has 126 valence electrons. The molecule has 0 atom stereocenters. The molecule has 0 bridgehead atoms. The van der Waals surface area contributed by atoms with Crippen molar-refractivity contribution in [3.8, 4) is 5.75 Å². The Kier molecular flexibility index (Phi) is 5.72. The molecule has 0 saturated carbocycles. The highest BCUT2D eigenvalue weighted by molar-refractivity contribution is 5.79. The summed E-state index contributed by atoms with van der Waals surface area (Å²) in [4.78, 5) is 26.9. The molecule has 8 heteroatoms. The van der Waals surface area contributed by atoms with Gasteiger partial charge in [0.05, 0.1) is 0 Å². The van der Waals surface area contributed by atoms with E-state index in [9.17, 15) is 18.4 Å². The van der Waals surface area contributed by atoms with E-state index < -0.39 is 11.6 Å². The number of benzene rings is 1. The van der Waals surface area contributed by atoms with Gasteiger partial charge in [0.15, 0.2) is 18.2 Å². The highest BCUT2D eigenvalue weighted by atomic mass is 19.1. The van der Waals surface area contributed by atoms with Crippen LogP contribution in [0, 0.1) is 11.6 Å². The third-order valence-electron chi connectivity index (χ3n) is 3.49. The van der Waals surface area contributed by atoms with Crippen LogP contribution in [0.15, 0.2) is 18.2 Å². The van der Waals surface area contributed by atoms with E-state index in [1.54, 1.807) is 9.80 Å². The fraction of sp³-hybridized carbons (Fsp3) is 0.467. The smallest absolute Gasteiger partial charge is 0.317 e. The highest BCUT2D eigenvalue weighted by Gasteiger charge is 2.24. The number of nitrogens with one attached hydrogen (secondary N) is 1. The molecule has 23 heavy (non-hydrogen) atoms. The van der Waals surface area contributed by atoms with Crippen LogP contribution in [0.25, 0.3) is 0 Å². The summed E-state index contributed by atoms with van der Waals surface area (Å²) in [6.45, 7) is 3.71. The molecular weight excluding hydrogens is 308 g/mol. The third-order valence-corrected chi connectivity index (χ3v) is 3.49. The number of piperazine rings is 1. The first-order chi connectivity index (χ1) is 11.0. The Morgan fingerprint density at radius 2 is 1.83 bits per heavy atom. The number of amides is 3. The van der Waals surface area contributed by atoms with Gasteiger partial charge in [0.2, 0.25) is 0 Å². The molecule has 1 aromatic carbocycles. The van der Waals surface area contributed by atoms with Crippen molar-refractivity contribution in [3.05, 3.63) is 29.8 Å². The van der Waals surface area contributed by atoms with E-state index in [-0.39, 0.29) is 24.3 Å². The summed E-state index contributed by atoms with van der Waals surface area (Å²) in [7, 11) is 0. The van der Waals surface area contributed by atoms with Gasteiger partial charge < -0.3 is 19.9 Å². The van der Waals surface area contributed by atoms with Crippen molar-refractivity contribution in [2.45, 2.75) is 6.92 Å². The zero-order chi connectivity index (χ0) is 16.8. The van der Waals surface area contributed by atoms with E-state index >= 15 is 0 Å². The van der Waals surface area contributed by atoms with Crippen LogP contribution in [0.5, 0.6) is 5.75 Å². The Labute approximate surface area is 133 Å². The summed E-state index contributed by atoms with van der Waals surface area (Å²) < 4.78 is 31.3. The number of nitrogens with zero attached hydrogens (tertiary/aromatic N) is 2. The van der Waals surface area contributed by atoms with Gasteiger partial charge in [-0.1, -0.05) is 0 Å². The fourth-order valence-electron chi connectivity index (χ4n) is 2.25. The minimum absolute atomic E-state index is 0.149. The van der Waals surface area contributed by atoms with Gasteiger partial charge in [-0.2, -0.15) is 0 Å². The Bertz CT molecular complexity index is 575. The lowest BCUT2D eigenvalue weighted by Gasteiger charge is -2.34. The molecule has 0 aliphatic carbocycles. The number of urea groups is 1. The maximum absolute atomic E-state index is 13.4. The quantitative estimate of drug-likeness (QED) is 0.904. The number of hydrogen-bond acceptors (Lipinski definition) is 3. The van der Waals surface area contributed by atoms with Crippen LogP contribution in [0.2, 0.25) is 0 Å². The average molecular weight is 327 g/mol. The molecule has 1 fully saturated rings. The monoisotopic (exact) mass is 327 g/mol. The Balaban J connectivity index is 1.80. The summed E-state index contributed by atoms with van der Waals surface area (Å²) in [6.07, 6.45) is 0. The van der Waals surface area contributed by atoms with Gasteiger partial charge in [-0.3, -0.25) is 4.79 Å². The molecule has 3 amide bonds. The second kappa shape index (κ2) is 7.75. The van der Waals surface area contributed by atoms with E-state index in [0.29, 0.717) is 38.8 Å². The standard InChI is InChI=1S/C15H19F2N3O3/c1-2-18-15(22)20-7-5-19(6-8-20)14(21)10-23-13-4-3-11(16)9-12(13)17/h3-4,9H,2,5-8,10H2,1H3,(H,18,22). The molecule has 1 saturated heterocycles. The van der Waals surface area contributed by atoms with Gasteiger partial charge in [-0.25, -0.2) is 13.6 Å². The Morgan fingerprint density at radius 3 is 2.43 bits per heavy atom. The predicted octanol–water partition coefficient (Wildman–Crippen LogP) is 1.22. The van der Waals surface area contributed by atoms with E-state index in [1.807, 2.05) is 6.92 Å². The summed E-state index contributed by atoms with van der Waals surface area (Å²) in [5.74, 6) is -2.02. The number of ether oxygens (including phenoxy) is 1. The second-order valence-corrected chi connectivity index (χ2v) is 5.07. The molecule has 1 heterocycles. The summed E-state index contributed by atoms with van der Waals surface area (Å²) in [6, 6.07) is 2.76. The van der Waals surface area contributed by atoms with Gasteiger partial charge in [0.25, 0.3) is 5.91 Å². The summed E-state index contributed by atoms with van der Waals surface area (Å²) in [5.41, 5.74) is 0. The van der Waals surface area contributed by atoms with Crippen molar-refractivity contribution in [3.63, 3.8) is 0 Å². The van der Waals surface area contributed by atoms with Gasteiger partial charge in [0.1, 0.15) is 5.82 Å². The highest BCUT2D eigenvalue weighted by Crippen LogP contribution is 2.17. The first-order valence-corrected chi connectivity index (χ1v) is 7.39. The minimum Gasteiger partial charge on any atom is -0.481 e. The molecule has 1 N–H and O–H groups in total. The lowest BCUT2D eigenvalue weighted by atomic mass is 10.3. The van der Waals surface area contributed by atoms with E-state index in [4.69, 9.17) is 4.74 Å².